The van der Waals surface area contributed by atoms with Crippen molar-refractivity contribution in [3.63, 3.8) is 0 Å². The highest BCUT2D eigenvalue weighted by atomic mass is 32.2. The maximum absolute atomic E-state index is 11.7. The predicted molar refractivity (Wildman–Crippen MR) is 62.8 cm³/mol. The fourth-order valence-corrected chi connectivity index (χ4v) is 2.20. The van der Waals surface area contributed by atoms with Gasteiger partial charge in [-0.1, -0.05) is 25.4 Å². The zero-order chi connectivity index (χ0) is 12.9. The van der Waals surface area contributed by atoms with Crippen LogP contribution < -0.4 is 0 Å². The van der Waals surface area contributed by atoms with Gasteiger partial charge in [0.05, 0.1) is 0 Å². The average molecular weight is 248 g/mol. The lowest BCUT2D eigenvalue weighted by atomic mass is 10.4. The van der Waals surface area contributed by atoms with E-state index in [0.717, 1.165) is 4.31 Å². The Morgan fingerprint density at radius 1 is 1.25 bits per heavy atom. The summed E-state index contributed by atoms with van der Waals surface area (Å²) in [5, 5.41) is 3.58. The van der Waals surface area contributed by atoms with Gasteiger partial charge in [-0.05, 0) is 13.8 Å². The Hall–Kier alpha value is -0.880. The standard InChI is InChI=1S/C7H12N2O3S.C3H8/c1-5-7(6(2)12-8-5)13(10,11)9(3)4;1-3-2/h1-4H3;3H2,1-2H3. The molecule has 1 aromatic rings. The number of aromatic nitrogens is 1. The van der Waals surface area contributed by atoms with E-state index in [1.165, 1.54) is 20.5 Å². The highest BCUT2D eigenvalue weighted by Crippen LogP contribution is 2.20. The largest absolute Gasteiger partial charge is 0.360 e. The Morgan fingerprint density at radius 2 is 1.69 bits per heavy atom. The van der Waals surface area contributed by atoms with Crippen LogP contribution in [0.4, 0.5) is 0 Å². The number of aryl methyl sites for hydroxylation is 2. The van der Waals surface area contributed by atoms with Crippen molar-refractivity contribution in [2.75, 3.05) is 14.1 Å². The first kappa shape index (κ1) is 15.1. The first-order valence-electron chi connectivity index (χ1n) is 5.14. The van der Waals surface area contributed by atoms with Crippen LogP contribution >= 0.6 is 0 Å². The Balaban J connectivity index is 0.000000673. The minimum absolute atomic E-state index is 0.164. The van der Waals surface area contributed by atoms with Gasteiger partial charge in [0.2, 0.25) is 10.0 Å². The van der Waals surface area contributed by atoms with Gasteiger partial charge in [-0.3, -0.25) is 0 Å². The van der Waals surface area contributed by atoms with Crippen molar-refractivity contribution < 1.29 is 12.9 Å². The van der Waals surface area contributed by atoms with E-state index in [2.05, 4.69) is 19.0 Å². The monoisotopic (exact) mass is 248 g/mol. The van der Waals surface area contributed by atoms with E-state index in [0.29, 0.717) is 11.5 Å². The van der Waals surface area contributed by atoms with Crippen LogP contribution in [-0.4, -0.2) is 32.0 Å². The van der Waals surface area contributed by atoms with E-state index >= 15 is 0 Å². The molecular weight excluding hydrogens is 228 g/mol. The third-order valence-corrected chi connectivity index (χ3v) is 3.77. The van der Waals surface area contributed by atoms with Gasteiger partial charge in [0, 0.05) is 14.1 Å². The van der Waals surface area contributed by atoms with Gasteiger partial charge in [0.25, 0.3) is 0 Å². The molecule has 0 N–H and O–H groups in total. The van der Waals surface area contributed by atoms with Crippen molar-refractivity contribution in [2.24, 2.45) is 0 Å². The second-order valence-corrected chi connectivity index (χ2v) is 5.74. The Bertz CT molecular complexity index is 402. The summed E-state index contributed by atoms with van der Waals surface area (Å²) in [7, 11) is -0.471. The number of rotatable bonds is 2. The zero-order valence-electron chi connectivity index (χ0n) is 10.7. The molecule has 0 aromatic carbocycles. The second kappa shape index (κ2) is 6.00. The highest BCUT2D eigenvalue weighted by Gasteiger charge is 2.25. The number of sulfonamides is 1. The molecule has 0 spiro atoms. The van der Waals surface area contributed by atoms with Gasteiger partial charge in [-0.15, -0.1) is 0 Å². The van der Waals surface area contributed by atoms with Crippen LogP contribution in [0.2, 0.25) is 0 Å². The van der Waals surface area contributed by atoms with E-state index in [1.807, 2.05) is 0 Å². The summed E-state index contributed by atoms with van der Waals surface area (Å²) in [6, 6.07) is 0. The average Bonchev–Trinajstić information content (AvgIpc) is 2.47. The Kier molecular flexibility index (Phi) is 5.67. The van der Waals surface area contributed by atoms with Crippen molar-refractivity contribution in [3.8, 4) is 0 Å². The van der Waals surface area contributed by atoms with Crippen molar-refractivity contribution in [2.45, 2.75) is 39.0 Å². The smallest absolute Gasteiger partial charge is 0.247 e. The fourth-order valence-electron chi connectivity index (χ4n) is 1.03. The molecule has 0 radical (unpaired) electrons. The molecule has 1 rings (SSSR count). The van der Waals surface area contributed by atoms with Crippen LogP contribution in [0.3, 0.4) is 0 Å². The third-order valence-electron chi connectivity index (χ3n) is 1.71. The Labute approximate surface area is 97.5 Å². The summed E-state index contributed by atoms with van der Waals surface area (Å²) in [5.41, 5.74) is 0.395. The van der Waals surface area contributed by atoms with Crippen molar-refractivity contribution >= 4 is 10.0 Å². The molecular formula is C10H20N2O3S. The first-order valence-corrected chi connectivity index (χ1v) is 6.58. The Morgan fingerprint density at radius 3 is 1.94 bits per heavy atom. The summed E-state index contributed by atoms with van der Waals surface area (Å²) < 4.78 is 29.2. The van der Waals surface area contributed by atoms with Crippen LogP contribution in [-0.2, 0) is 10.0 Å². The lowest BCUT2D eigenvalue weighted by molar-refractivity contribution is 0.390. The van der Waals surface area contributed by atoms with Crippen LogP contribution in [0.25, 0.3) is 0 Å². The maximum Gasteiger partial charge on any atom is 0.247 e. The molecule has 0 atom stereocenters. The van der Waals surface area contributed by atoms with Crippen LogP contribution in [0.1, 0.15) is 31.7 Å². The van der Waals surface area contributed by atoms with Gasteiger partial charge < -0.3 is 4.52 Å². The van der Waals surface area contributed by atoms with E-state index in [1.54, 1.807) is 13.8 Å². The molecule has 0 saturated carbocycles. The molecule has 94 valence electrons. The topological polar surface area (TPSA) is 63.4 Å². The molecule has 1 heterocycles. The van der Waals surface area contributed by atoms with Gasteiger partial charge in [-0.25, -0.2) is 12.7 Å². The van der Waals surface area contributed by atoms with Crippen molar-refractivity contribution in [1.82, 2.24) is 9.46 Å². The molecule has 1 aromatic heterocycles. The molecule has 0 unspecified atom stereocenters. The van der Waals surface area contributed by atoms with Gasteiger partial charge in [0.15, 0.2) is 5.76 Å². The number of nitrogens with zero attached hydrogens (tertiary/aromatic N) is 2. The van der Waals surface area contributed by atoms with E-state index < -0.39 is 10.0 Å². The van der Waals surface area contributed by atoms with Crippen molar-refractivity contribution in [1.29, 1.82) is 0 Å². The lowest BCUT2D eigenvalue weighted by Crippen LogP contribution is -2.23. The van der Waals surface area contributed by atoms with Crippen LogP contribution in [0.5, 0.6) is 0 Å². The quantitative estimate of drug-likeness (QED) is 0.802. The molecule has 0 amide bonds. The summed E-state index contributed by atoms with van der Waals surface area (Å²) in [5.74, 6) is 0.325. The molecule has 0 bridgehead atoms. The van der Waals surface area contributed by atoms with Crippen molar-refractivity contribution in [3.05, 3.63) is 11.5 Å². The first-order chi connectivity index (χ1) is 7.28. The zero-order valence-corrected chi connectivity index (χ0v) is 11.6. The molecule has 0 fully saturated rings. The van der Waals surface area contributed by atoms with Gasteiger partial charge in [0.1, 0.15) is 10.6 Å². The molecule has 0 saturated heterocycles. The number of hydrogen-bond donors (Lipinski definition) is 0. The number of hydrogen-bond acceptors (Lipinski definition) is 4. The normalized spacial score (nSPS) is 11.2. The minimum atomic E-state index is -3.42. The third kappa shape index (κ3) is 3.31. The molecule has 5 nitrogen and oxygen atoms in total. The lowest BCUT2D eigenvalue weighted by Gasteiger charge is -2.09. The highest BCUT2D eigenvalue weighted by molar-refractivity contribution is 7.89. The molecule has 16 heavy (non-hydrogen) atoms. The van der Waals surface area contributed by atoms with E-state index in [-0.39, 0.29) is 4.90 Å². The molecule has 6 heteroatoms. The van der Waals surface area contributed by atoms with Crippen LogP contribution in [0.15, 0.2) is 9.42 Å². The molecule has 0 aliphatic heterocycles. The molecule has 0 aliphatic carbocycles. The minimum Gasteiger partial charge on any atom is -0.360 e. The van der Waals surface area contributed by atoms with E-state index in [4.69, 9.17) is 4.52 Å². The van der Waals surface area contributed by atoms with Crippen LogP contribution in [0, 0.1) is 13.8 Å². The summed E-state index contributed by atoms with van der Waals surface area (Å²) >= 11 is 0. The summed E-state index contributed by atoms with van der Waals surface area (Å²) in [6.45, 7) is 7.43. The molecule has 0 aliphatic rings. The van der Waals surface area contributed by atoms with E-state index in [9.17, 15) is 8.42 Å². The predicted octanol–water partition coefficient (Wildman–Crippen LogP) is 1.96. The fraction of sp³-hybridized carbons (Fsp3) is 0.700. The van der Waals surface area contributed by atoms with Gasteiger partial charge >= 0.3 is 0 Å². The summed E-state index contributed by atoms with van der Waals surface area (Å²) in [6.07, 6.45) is 1.25. The van der Waals surface area contributed by atoms with Gasteiger partial charge in [-0.2, -0.15) is 0 Å². The summed E-state index contributed by atoms with van der Waals surface area (Å²) in [4.78, 5) is 0.164. The maximum atomic E-state index is 11.7. The second-order valence-electron chi connectivity index (χ2n) is 3.65. The SMILES string of the molecule is CCC.Cc1noc(C)c1S(=O)(=O)N(C)C.